The number of hydrogen-bond acceptors (Lipinski definition) is 4. The van der Waals surface area contributed by atoms with Gasteiger partial charge in [0.05, 0.1) is 5.60 Å². The Balaban J connectivity index is 2.23. The van der Waals surface area contributed by atoms with Crippen molar-refractivity contribution < 1.29 is 5.11 Å². The van der Waals surface area contributed by atoms with Gasteiger partial charge in [0.25, 0.3) is 0 Å². The van der Waals surface area contributed by atoms with E-state index in [0.717, 1.165) is 45.8 Å². The van der Waals surface area contributed by atoms with Crippen LogP contribution in [-0.2, 0) is 0 Å². The summed E-state index contributed by atoms with van der Waals surface area (Å²) in [6.07, 6.45) is 0. The molecule has 0 bridgehead atoms. The van der Waals surface area contributed by atoms with Gasteiger partial charge in [0, 0.05) is 39.3 Å². The van der Waals surface area contributed by atoms with Gasteiger partial charge in [-0.25, -0.2) is 0 Å². The van der Waals surface area contributed by atoms with Gasteiger partial charge >= 0.3 is 0 Å². The fourth-order valence-corrected chi connectivity index (χ4v) is 2.19. The molecule has 0 spiro atoms. The zero-order chi connectivity index (χ0) is 12.2. The molecule has 1 atom stereocenters. The van der Waals surface area contributed by atoms with Crippen molar-refractivity contribution in [3.05, 3.63) is 0 Å². The average Bonchev–Trinajstić information content (AvgIpc) is 2.18. The number of hydrogen-bond donors (Lipinski definition) is 2. The van der Waals surface area contributed by atoms with E-state index in [1.165, 1.54) is 0 Å². The van der Waals surface area contributed by atoms with Crippen LogP contribution in [0.25, 0.3) is 0 Å². The lowest BCUT2D eigenvalue weighted by molar-refractivity contribution is 0.0162. The first-order chi connectivity index (χ1) is 7.40. The van der Waals surface area contributed by atoms with Crippen LogP contribution in [0.2, 0.25) is 0 Å². The Hall–Kier alpha value is -0.160. The zero-order valence-corrected chi connectivity index (χ0v) is 10.9. The van der Waals surface area contributed by atoms with Crippen LogP contribution in [0.3, 0.4) is 0 Å². The second-order valence-corrected chi connectivity index (χ2v) is 5.73. The Morgan fingerprint density at radius 3 is 2.12 bits per heavy atom. The zero-order valence-electron chi connectivity index (χ0n) is 10.9. The van der Waals surface area contributed by atoms with Crippen molar-refractivity contribution in [3.63, 3.8) is 0 Å². The molecular formula is C12H27N3O. The van der Waals surface area contributed by atoms with Crippen LogP contribution in [0.15, 0.2) is 0 Å². The van der Waals surface area contributed by atoms with Gasteiger partial charge in [-0.05, 0) is 26.3 Å². The van der Waals surface area contributed by atoms with Crippen molar-refractivity contribution in [1.82, 2.24) is 9.80 Å². The third-order valence-electron chi connectivity index (χ3n) is 3.05. The van der Waals surface area contributed by atoms with Crippen molar-refractivity contribution in [2.45, 2.75) is 26.4 Å². The fourth-order valence-electron chi connectivity index (χ4n) is 2.19. The summed E-state index contributed by atoms with van der Waals surface area (Å²) in [6, 6.07) is 0. The second kappa shape index (κ2) is 5.96. The number of β-amino-alcohol motifs (C(OH)–C–C–N with tert-alkyl or cyclic N) is 1. The topological polar surface area (TPSA) is 52.7 Å². The summed E-state index contributed by atoms with van der Waals surface area (Å²) >= 11 is 0. The van der Waals surface area contributed by atoms with Gasteiger partial charge in [0.1, 0.15) is 0 Å². The Kier molecular flexibility index (Phi) is 5.18. The number of piperazine rings is 1. The lowest BCUT2D eigenvalue weighted by Gasteiger charge is -2.38. The van der Waals surface area contributed by atoms with Crippen LogP contribution in [-0.4, -0.2) is 66.3 Å². The van der Waals surface area contributed by atoms with Gasteiger partial charge in [-0.3, -0.25) is 4.90 Å². The quantitative estimate of drug-likeness (QED) is 0.695. The Morgan fingerprint density at radius 1 is 1.19 bits per heavy atom. The fraction of sp³-hybridized carbons (Fsp3) is 1.00. The molecule has 0 aromatic rings. The summed E-state index contributed by atoms with van der Waals surface area (Å²) in [5, 5.41) is 9.75. The molecule has 1 aliphatic rings. The summed E-state index contributed by atoms with van der Waals surface area (Å²) in [5.41, 5.74) is 5.05. The van der Waals surface area contributed by atoms with E-state index in [9.17, 15) is 5.11 Å². The first kappa shape index (κ1) is 13.9. The van der Waals surface area contributed by atoms with E-state index >= 15 is 0 Å². The van der Waals surface area contributed by atoms with Gasteiger partial charge in [-0.2, -0.15) is 0 Å². The summed E-state index contributed by atoms with van der Waals surface area (Å²) < 4.78 is 0. The molecule has 1 unspecified atom stereocenters. The highest BCUT2D eigenvalue weighted by Crippen LogP contribution is 2.09. The SMILES string of the molecule is CC(CN)CN1CCN(CC(C)(C)O)CC1. The van der Waals surface area contributed by atoms with E-state index in [4.69, 9.17) is 5.73 Å². The third-order valence-corrected chi connectivity index (χ3v) is 3.05. The highest BCUT2D eigenvalue weighted by atomic mass is 16.3. The van der Waals surface area contributed by atoms with Crippen LogP contribution in [0.5, 0.6) is 0 Å². The van der Waals surface area contributed by atoms with Crippen molar-refractivity contribution in [1.29, 1.82) is 0 Å². The van der Waals surface area contributed by atoms with Crippen LogP contribution < -0.4 is 5.73 Å². The van der Waals surface area contributed by atoms with Crippen molar-refractivity contribution in [2.24, 2.45) is 11.7 Å². The molecule has 0 saturated carbocycles. The molecule has 96 valence electrons. The number of nitrogens with zero attached hydrogens (tertiary/aromatic N) is 2. The molecule has 4 heteroatoms. The molecule has 1 fully saturated rings. The molecule has 1 aliphatic heterocycles. The van der Waals surface area contributed by atoms with Gasteiger partial charge in [-0.15, -0.1) is 0 Å². The molecular weight excluding hydrogens is 202 g/mol. The van der Waals surface area contributed by atoms with E-state index in [2.05, 4.69) is 16.7 Å². The first-order valence-electron chi connectivity index (χ1n) is 6.28. The van der Waals surface area contributed by atoms with Crippen LogP contribution in [0, 0.1) is 5.92 Å². The van der Waals surface area contributed by atoms with Gasteiger partial charge < -0.3 is 15.7 Å². The number of rotatable bonds is 5. The summed E-state index contributed by atoms with van der Waals surface area (Å²) in [7, 11) is 0. The van der Waals surface area contributed by atoms with Gasteiger partial charge in [-0.1, -0.05) is 6.92 Å². The second-order valence-electron chi connectivity index (χ2n) is 5.73. The molecule has 0 aliphatic carbocycles. The first-order valence-corrected chi connectivity index (χ1v) is 6.28. The van der Waals surface area contributed by atoms with Crippen molar-refractivity contribution in [2.75, 3.05) is 45.8 Å². The minimum Gasteiger partial charge on any atom is -0.389 e. The molecule has 0 radical (unpaired) electrons. The molecule has 1 heterocycles. The Labute approximate surface area is 99.4 Å². The molecule has 0 aromatic heterocycles. The minimum absolute atomic E-state index is 0.577. The summed E-state index contributed by atoms with van der Waals surface area (Å²) in [6.45, 7) is 12.9. The smallest absolute Gasteiger partial charge is 0.0718 e. The maximum atomic E-state index is 9.75. The summed E-state index contributed by atoms with van der Waals surface area (Å²) in [5.74, 6) is 0.584. The van der Waals surface area contributed by atoms with Crippen LogP contribution in [0.4, 0.5) is 0 Å². The molecule has 4 nitrogen and oxygen atoms in total. The van der Waals surface area contributed by atoms with Crippen LogP contribution >= 0.6 is 0 Å². The molecule has 3 N–H and O–H groups in total. The third kappa shape index (κ3) is 5.25. The van der Waals surface area contributed by atoms with Gasteiger partial charge in [0.2, 0.25) is 0 Å². The maximum Gasteiger partial charge on any atom is 0.0718 e. The lowest BCUT2D eigenvalue weighted by Crippen LogP contribution is -2.51. The van der Waals surface area contributed by atoms with E-state index in [1.807, 2.05) is 13.8 Å². The Morgan fingerprint density at radius 2 is 1.69 bits per heavy atom. The lowest BCUT2D eigenvalue weighted by atomic mass is 10.1. The van der Waals surface area contributed by atoms with Crippen LogP contribution in [0.1, 0.15) is 20.8 Å². The van der Waals surface area contributed by atoms with Gasteiger partial charge in [0.15, 0.2) is 0 Å². The molecule has 0 aromatic carbocycles. The highest BCUT2D eigenvalue weighted by Gasteiger charge is 2.22. The molecule has 1 rings (SSSR count). The normalized spacial score (nSPS) is 22.3. The molecule has 16 heavy (non-hydrogen) atoms. The Bertz CT molecular complexity index is 195. The predicted molar refractivity (Wildman–Crippen MR) is 67.4 cm³/mol. The van der Waals surface area contributed by atoms with E-state index in [1.54, 1.807) is 0 Å². The average molecular weight is 229 g/mol. The molecule has 1 saturated heterocycles. The van der Waals surface area contributed by atoms with Crippen molar-refractivity contribution in [3.8, 4) is 0 Å². The largest absolute Gasteiger partial charge is 0.389 e. The molecule has 0 amide bonds. The van der Waals surface area contributed by atoms with E-state index in [0.29, 0.717) is 5.92 Å². The van der Waals surface area contributed by atoms with E-state index < -0.39 is 5.60 Å². The summed E-state index contributed by atoms with van der Waals surface area (Å²) in [4.78, 5) is 4.81. The maximum absolute atomic E-state index is 9.75. The number of aliphatic hydroxyl groups is 1. The predicted octanol–water partition coefficient (Wildman–Crippen LogP) is -0.0303. The van der Waals surface area contributed by atoms with Crippen molar-refractivity contribution >= 4 is 0 Å². The standard InChI is InChI=1S/C12H27N3O/c1-11(8-13)9-14-4-6-15(7-5-14)10-12(2,3)16/h11,16H,4-10,13H2,1-3H3. The van der Waals surface area contributed by atoms with E-state index in [-0.39, 0.29) is 0 Å². The highest BCUT2D eigenvalue weighted by molar-refractivity contribution is 4.78. The number of nitrogens with two attached hydrogens (primary N) is 1. The monoisotopic (exact) mass is 229 g/mol. The minimum atomic E-state index is -0.577.